The van der Waals surface area contributed by atoms with Crippen LogP contribution in [-0.4, -0.2) is 34.1 Å². The van der Waals surface area contributed by atoms with E-state index >= 15 is 0 Å². The van der Waals surface area contributed by atoms with Crippen LogP contribution in [0.5, 0.6) is 11.5 Å². The van der Waals surface area contributed by atoms with Gasteiger partial charge in [0.25, 0.3) is 0 Å². The number of nitrogens with zero attached hydrogens (tertiary/aromatic N) is 2. The summed E-state index contributed by atoms with van der Waals surface area (Å²) < 4.78 is 5.90. The minimum atomic E-state index is 0.0837. The summed E-state index contributed by atoms with van der Waals surface area (Å²) in [7, 11) is 0. The fourth-order valence-electron chi connectivity index (χ4n) is 2.80. The van der Waals surface area contributed by atoms with E-state index in [1.807, 2.05) is 11.8 Å². The lowest BCUT2D eigenvalue weighted by Crippen LogP contribution is -2.36. The summed E-state index contributed by atoms with van der Waals surface area (Å²) in [6.45, 7) is 3.46. The Bertz CT molecular complexity index is 739. The summed E-state index contributed by atoms with van der Waals surface area (Å²) in [4.78, 5) is 14.4. The number of aromatic nitrogens is 2. The number of halogens is 2. The van der Waals surface area contributed by atoms with Gasteiger partial charge in [0.1, 0.15) is 11.4 Å². The predicted octanol–water partition coefficient (Wildman–Crippen LogP) is 4.37. The van der Waals surface area contributed by atoms with Crippen LogP contribution >= 0.6 is 23.2 Å². The minimum Gasteiger partial charge on any atom is -0.452 e. The number of hydrogen-bond donors (Lipinski definition) is 1. The molecule has 7 heteroatoms. The van der Waals surface area contributed by atoms with Gasteiger partial charge >= 0.3 is 0 Å². The van der Waals surface area contributed by atoms with Crippen molar-refractivity contribution in [3.8, 4) is 11.5 Å². The summed E-state index contributed by atoms with van der Waals surface area (Å²) in [6, 6.07) is 5.01. The van der Waals surface area contributed by atoms with Gasteiger partial charge in [-0.2, -0.15) is 5.10 Å². The Morgan fingerprint density at radius 2 is 2.04 bits per heavy atom. The number of benzene rings is 1. The molecule has 0 unspecified atom stereocenters. The lowest BCUT2D eigenvalue weighted by Gasteiger charge is -2.26. The Morgan fingerprint density at radius 3 is 2.79 bits per heavy atom. The van der Waals surface area contributed by atoms with Crippen molar-refractivity contribution in [3.63, 3.8) is 0 Å². The molecule has 1 aromatic heterocycles. The second-order valence-electron chi connectivity index (χ2n) is 5.91. The molecule has 24 heavy (non-hydrogen) atoms. The Balaban J connectivity index is 1.78. The van der Waals surface area contributed by atoms with Crippen LogP contribution in [0.3, 0.4) is 0 Å². The molecule has 0 bridgehead atoms. The van der Waals surface area contributed by atoms with Gasteiger partial charge in [0.2, 0.25) is 5.91 Å². The summed E-state index contributed by atoms with van der Waals surface area (Å²) in [5.74, 6) is 1.06. The van der Waals surface area contributed by atoms with Gasteiger partial charge in [0.15, 0.2) is 5.75 Å². The van der Waals surface area contributed by atoms with Crippen molar-refractivity contribution < 1.29 is 9.53 Å². The molecule has 2 heterocycles. The van der Waals surface area contributed by atoms with Crippen LogP contribution in [-0.2, 0) is 11.2 Å². The third-order valence-corrected chi connectivity index (χ3v) is 4.65. The molecule has 1 saturated heterocycles. The third kappa shape index (κ3) is 3.84. The summed E-state index contributed by atoms with van der Waals surface area (Å²) in [5.41, 5.74) is 1.33. The molecule has 1 N–H and O–H groups in total. The highest BCUT2D eigenvalue weighted by Crippen LogP contribution is 2.34. The SMILES string of the molecule is Cc1n[nH]c(CC(=O)N2CCCCC2)c1Oc1cc(Cl)ccc1Cl. The van der Waals surface area contributed by atoms with Crippen LogP contribution in [0.2, 0.25) is 10.0 Å². The molecule has 2 aromatic rings. The van der Waals surface area contributed by atoms with E-state index in [-0.39, 0.29) is 12.3 Å². The first-order valence-electron chi connectivity index (χ1n) is 7.99. The summed E-state index contributed by atoms with van der Waals surface area (Å²) in [6.07, 6.45) is 3.55. The highest BCUT2D eigenvalue weighted by Gasteiger charge is 2.21. The number of carbonyl (C=O) groups is 1. The molecule has 1 aliphatic heterocycles. The number of piperidine rings is 1. The van der Waals surface area contributed by atoms with Crippen LogP contribution in [0, 0.1) is 6.92 Å². The molecule has 0 aliphatic carbocycles. The molecule has 0 atom stereocenters. The second kappa shape index (κ2) is 7.45. The van der Waals surface area contributed by atoms with Crippen molar-refractivity contribution in [1.82, 2.24) is 15.1 Å². The Kier molecular flexibility index (Phi) is 5.31. The minimum absolute atomic E-state index is 0.0837. The van der Waals surface area contributed by atoms with Gasteiger partial charge < -0.3 is 9.64 Å². The molecule has 0 saturated carbocycles. The maximum atomic E-state index is 12.5. The van der Waals surface area contributed by atoms with E-state index in [2.05, 4.69) is 10.2 Å². The van der Waals surface area contributed by atoms with E-state index in [9.17, 15) is 4.79 Å². The van der Waals surface area contributed by atoms with E-state index in [1.165, 1.54) is 6.42 Å². The average Bonchev–Trinajstić information content (AvgIpc) is 2.92. The van der Waals surface area contributed by atoms with Gasteiger partial charge in [0, 0.05) is 24.2 Å². The highest BCUT2D eigenvalue weighted by atomic mass is 35.5. The van der Waals surface area contributed by atoms with Crippen molar-refractivity contribution in [1.29, 1.82) is 0 Å². The Hall–Kier alpha value is -1.72. The molecule has 5 nitrogen and oxygen atoms in total. The molecule has 0 radical (unpaired) electrons. The van der Waals surface area contributed by atoms with Crippen LogP contribution in [0.25, 0.3) is 0 Å². The molecule has 1 aromatic carbocycles. The standard InChI is InChI=1S/C17H19Cl2N3O2/c1-11-17(24-15-9-12(18)5-6-13(15)19)14(21-20-11)10-16(23)22-7-3-2-4-8-22/h5-6,9H,2-4,7-8,10H2,1H3,(H,20,21). The van der Waals surface area contributed by atoms with Crippen LogP contribution in [0.4, 0.5) is 0 Å². The van der Waals surface area contributed by atoms with Gasteiger partial charge in [-0.1, -0.05) is 23.2 Å². The number of aryl methyl sites for hydroxylation is 1. The highest BCUT2D eigenvalue weighted by molar-refractivity contribution is 6.34. The second-order valence-corrected chi connectivity index (χ2v) is 6.76. The number of nitrogens with one attached hydrogen (secondary N) is 1. The normalized spacial score (nSPS) is 14.7. The van der Waals surface area contributed by atoms with Crippen molar-refractivity contribution in [2.75, 3.05) is 13.1 Å². The lowest BCUT2D eigenvalue weighted by molar-refractivity contribution is -0.131. The number of carbonyl (C=O) groups excluding carboxylic acids is 1. The molecule has 1 amide bonds. The predicted molar refractivity (Wildman–Crippen MR) is 94.0 cm³/mol. The molecular weight excluding hydrogens is 349 g/mol. The zero-order chi connectivity index (χ0) is 17.1. The molecule has 1 fully saturated rings. The van der Waals surface area contributed by atoms with Gasteiger partial charge in [-0.05, 0) is 38.3 Å². The lowest BCUT2D eigenvalue weighted by atomic mass is 10.1. The van der Waals surface area contributed by atoms with E-state index < -0.39 is 0 Å². The quantitative estimate of drug-likeness (QED) is 0.872. The Labute approximate surface area is 150 Å². The largest absolute Gasteiger partial charge is 0.452 e. The molecule has 3 rings (SSSR count). The number of hydrogen-bond acceptors (Lipinski definition) is 3. The first-order chi connectivity index (χ1) is 11.5. The number of H-pyrrole nitrogens is 1. The summed E-state index contributed by atoms with van der Waals surface area (Å²) >= 11 is 12.2. The number of amides is 1. The number of aromatic amines is 1. The third-order valence-electron chi connectivity index (χ3n) is 4.10. The van der Waals surface area contributed by atoms with Gasteiger partial charge in [-0.3, -0.25) is 9.89 Å². The fourth-order valence-corrected chi connectivity index (χ4v) is 3.12. The van der Waals surface area contributed by atoms with Crippen LogP contribution in [0.1, 0.15) is 30.7 Å². The topological polar surface area (TPSA) is 58.2 Å². The Morgan fingerprint density at radius 1 is 1.29 bits per heavy atom. The molecule has 128 valence electrons. The molecular formula is C17H19Cl2N3O2. The maximum Gasteiger partial charge on any atom is 0.228 e. The zero-order valence-electron chi connectivity index (χ0n) is 13.4. The van der Waals surface area contributed by atoms with Crippen molar-refractivity contribution in [3.05, 3.63) is 39.6 Å². The number of rotatable bonds is 4. The van der Waals surface area contributed by atoms with E-state index in [1.54, 1.807) is 18.2 Å². The van der Waals surface area contributed by atoms with E-state index in [4.69, 9.17) is 27.9 Å². The van der Waals surface area contributed by atoms with Crippen molar-refractivity contribution in [2.24, 2.45) is 0 Å². The van der Waals surface area contributed by atoms with Gasteiger partial charge in [-0.15, -0.1) is 0 Å². The average molecular weight is 368 g/mol. The molecule has 1 aliphatic rings. The van der Waals surface area contributed by atoms with E-state index in [0.29, 0.717) is 32.9 Å². The van der Waals surface area contributed by atoms with Crippen LogP contribution < -0.4 is 4.74 Å². The van der Waals surface area contributed by atoms with E-state index in [0.717, 1.165) is 25.9 Å². The van der Waals surface area contributed by atoms with Crippen molar-refractivity contribution >= 4 is 29.1 Å². The first-order valence-corrected chi connectivity index (χ1v) is 8.74. The monoisotopic (exact) mass is 367 g/mol. The number of ether oxygens (including phenoxy) is 1. The maximum absolute atomic E-state index is 12.5. The number of likely N-dealkylation sites (tertiary alicyclic amines) is 1. The van der Waals surface area contributed by atoms with Gasteiger partial charge in [-0.25, -0.2) is 0 Å². The van der Waals surface area contributed by atoms with Crippen LogP contribution in [0.15, 0.2) is 18.2 Å². The molecule has 0 spiro atoms. The zero-order valence-corrected chi connectivity index (χ0v) is 15.0. The fraction of sp³-hybridized carbons (Fsp3) is 0.412. The first kappa shape index (κ1) is 17.1. The van der Waals surface area contributed by atoms with Gasteiger partial charge in [0.05, 0.1) is 17.1 Å². The van der Waals surface area contributed by atoms with Crippen molar-refractivity contribution in [2.45, 2.75) is 32.6 Å². The summed E-state index contributed by atoms with van der Waals surface area (Å²) in [5, 5.41) is 8.05. The smallest absolute Gasteiger partial charge is 0.228 e.